The summed E-state index contributed by atoms with van der Waals surface area (Å²) in [5.74, 6) is -1.16. The molecule has 3 rings (SSSR count). The van der Waals surface area contributed by atoms with E-state index >= 15 is 0 Å². The SMILES string of the molecule is O=C(O)C1Oc2ccccc2C(=O)C1n1ccnc1. The predicted octanol–water partition coefficient (Wildman–Crippen LogP) is 1.15. The van der Waals surface area contributed by atoms with Gasteiger partial charge in [0, 0.05) is 12.4 Å². The highest BCUT2D eigenvalue weighted by atomic mass is 16.5. The number of Topliss-reactive ketones (excluding diaryl/α,β-unsaturated/α-hetero) is 1. The number of ether oxygens (including phenoxy) is 1. The summed E-state index contributed by atoms with van der Waals surface area (Å²) in [4.78, 5) is 27.6. The van der Waals surface area contributed by atoms with E-state index in [4.69, 9.17) is 4.74 Å². The summed E-state index contributed by atoms with van der Waals surface area (Å²) >= 11 is 0. The summed E-state index contributed by atoms with van der Waals surface area (Å²) in [6, 6.07) is 5.69. The Kier molecular flexibility index (Phi) is 2.56. The maximum atomic E-state index is 12.4. The number of imidazole rings is 1. The Labute approximate surface area is 108 Å². The molecule has 2 atom stereocenters. The number of carboxylic acid groups (broad SMARTS) is 1. The first-order valence-electron chi connectivity index (χ1n) is 5.68. The molecule has 0 spiro atoms. The van der Waals surface area contributed by atoms with Crippen molar-refractivity contribution in [3.63, 3.8) is 0 Å². The number of carboxylic acids is 1. The highest BCUT2D eigenvalue weighted by Crippen LogP contribution is 2.33. The Morgan fingerprint density at radius 3 is 2.84 bits per heavy atom. The molecule has 1 aliphatic heterocycles. The first-order valence-corrected chi connectivity index (χ1v) is 5.68. The number of carbonyl (C=O) groups is 2. The molecule has 2 aromatic rings. The van der Waals surface area contributed by atoms with Crippen LogP contribution in [0.25, 0.3) is 0 Å². The maximum absolute atomic E-state index is 12.4. The number of rotatable bonds is 2. The third-order valence-electron chi connectivity index (χ3n) is 3.05. The largest absolute Gasteiger partial charge is 0.478 e. The standard InChI is InChI=1S/C13H10N2O4/c16-11-8-3-1-2-4-9(8)19-12(13(17)18)10(11)15-6-5-14-7-15/h1-7,10,12H,(H,17,18). The first kappa shape index (κ1) is 11.5. The Bertz CT molecular complexity index is 636. The second-order valence-corrected chi connectivity index (χ2v) is 4.19. The van der Waals surface area contributed by atoms with Gasteiger partial charge in [0.2, 0.25) is 6.10 Å². The van der Waals surface area contributed by atoms with Gasteiger partial charge in [0.1, 0.15) is 11.8 Å². The number of hydrogen-bond donors (Lipinski definition) is 1. The van der Waals surface area contributed by atoms with E-state index in [0.717, 1.165) is 0 Å². The molecule has 2 heterocycles. The molecule has 2 unspecified atom stereocenters. The van der Waals surface area contributed by atoms with Gasteiger partial charge in [-0.25, -0.2) is 9.78 Å². The minimum Gasteiger partial charge on any atom is -0.478 e. The normalized spacial score (nSPS) is 21.6. The number of aliphatic carboxylic acids is 1. The number of nitrogens with zero attached hydrogens (tertiary/aromatic N) is 2. The Hall–Kier alpha value is -2.63. The minimum atomic E-state index is -1.25. The number of ketones is 1. The molecule has 0 bridgehead atoms. The molecule has 1 aromatic carbocycles. The van der Waals surface area contributed by atoms with Crippen molar-refractivity contribution in [2.24, 2.45) is 0 Å². The molecule has 6 heteroatoms. The van der Waals surface area contributed by atoms with Gasteiger partial charge in [0.25, 0.3) is 0 Å². The molecule has 0 radical (unpaired) electrons. The number of para-hydroxylation sites is 1. The van der Waals surface area contributed by atoms with E-state index in [1.54, 1.807) is 30.5 Å². The summed E-state index contributed by atoms with van der Waals surface area (Å²) in [7, 11) is 0. The lowest BCUT2D eigenvalue weighted by Crippen LogP contribution is -2.44. The molecule has 1 aliphatic rings. The van der Waals surface area contributed by atoms with Gasteiger partial charge in [-0.15, -0.1) is 0 Å². The fourth-order valence-electron chi connectivity index (χ4n) is 2.18. The van der Waals surface area contributed by atoms with Gasteiger partial charge in [-0.3, -0.25) is 4.79 Å². The third kappa shape index (κ3) is 1.77. The number of aromatic nitrogens is 2. The lowest BCUT2D eigenvalue weighted by molar-refractivity contribution is -0.147. The van der Waals surface area contributed by atoms with Gasteiger partial charge in [-0.05, 0) is 12.1 Å². The van der Waals surface area contributed by atoms with Crippen molar-refractivity contribution in [1.82, 2.24) is 9.55 Å². The molecule has 96 valence electrons. The van der Waals surface area contributed by atoms with Crippen LogP contribution in [0.1, 0.15) is 16.4 Å². The minimum absolute atomic E-state index is 0.285. The van der Waals surface area contributed by atoms with Gasteiger partial charge in [0.05, 0.1) is 11.9 Å². The summed E-state index contributed by atoms with van der Waals surface area (Å²) in [5, 5.41) is 9.24. The molecule has 19 heavy (non-hydrogen) atoms. The van der Waals surface area contributed by atoms with Crippen molar-refractivity contribution in [2.45, 2.75) is 12.1 Å². The fraction of sp³-hybridized carbons (Fsp3) is 0.154. The molecule has 1 aromatic heterocycles. The van der Waals surface area contributed by atoms with Crippen LogP contribution in [0.3, 0.4) is 0 Å². The zero-order chi connectivity index (χ0) is 13.4. The lowest BCUT2D eigenvalue weighted by atomic mass is 9.95. The van der Waals surface area contributed by atoms with E-state index in [1.807, 2.05) is 0 Å². The molecule has 0 fully saturated rings. The topological polar surface area (TPSA) is 81.4 Å². The quantitative estimate of drug-likeness (QED) is 0.873. The highest BCUT2D eigenvalue weighted by Gasteiger charge is 2.42. The molecule has 0 saturated carbocycles. The smallest absolute Gasteiger partial charge is 0.347 e. The second kappa shape index (κ2) is 4.24. The van der Waals surface area contributed by atoms with Crippen molar-refractivity contribution >= 4 is 11.8 Å². The van der Waals surface area contributed by atoms with Crippen LogP contribution in [0.4, 0.5) is 0 Å². The first-order chi connectivity index (χ1) is 9.18. The maximum Gasteiger partial charge on any atom is 0.347 e. The molecule has 0 amide bonds. The zero-order valence-electron chi connectivity index (χ0n) is 9.76. The average molecular weight is 258 g/mol. The molecule has 6 nitrogen and oxygen atoms in total. The van der Waals surface area contributed by atoms with E-state index in [2.05, 4.69) is 4.98 Å². The third-order valence-corrected chi connectivity index (χ3v) is 3.05. The van der Waals surface area contributed by atoms with E-state index < -0.39 is 18.1 Å². The van der Waals surface area contributed by atoms with Gasteiger partial charge in [0.15, 0.2) is 5.78 Å². The highest BCUT2D eigenvalue weighted by molar-refractivity contribution is 6.05. The molecule has 0 aliphatic carbocycles. The van der Waals surface area contributed by atoms with Crippen LogP contribution in [0.15, 0.2) is 43.0 Å². The van der Waals surface area contributed by atoms with Crippen molar-refractivity contribution in [3.8, 4) is 5.75 Å². The monoisotopic (exact) mass is 258 g/mol. The van der Waals surface area contributed by atoms with Gasteiger partial charge >= 0.3 is 5.97 Å². The van der Waals surface area contributed by atoms with Gasteiger partial charge < -0.3 is 14.4 Å². The number of benzene rings is 1. The summed E-state index contributed by atoms with van der Waals surface area (Å²) < 4.78 is 6.89. The number of fused-ring (bicyclic) bond motifs is 1. The number of hydrogen-bond acceptors (Lipinski definition) is 4. The van der Waals surface area contributed by atoms with E-state index in [-0.39, 0.29) is 5.78 Å². The van der Waals surface area contributed by atoms with E-state index in [1.165, 1.54) is 17.1 Å². The van der Waals surface area contributed by atoms with Crippen molar-refractivity contribution < 1.29 is 19.4 Å². The van der Waals surface area contributed by atoms with Crippen LogP contribution in [0, 0.1) is 0 Å². The Balaban J connectivity index is 2.12. The van der Waals surface area contributed by atoms with Crippen LogP contribution >= 0.6 is 0 Å². The van der Waals surface area contributed by atoms with Crippen LogP contribution in [0.5, 0.6) is 5.75 Å². The van der Waals surface area contributed by atoms with Crippen LogP contribution in [-0.2, 0) is 4.79 Å². The van der Waals surface area contributed by atoms with Crippen molar-refractivity contribution in [1.29, 1.82) is 0 Å². The molecule has 0 saturated heterocycles. The summed E-state index contributed by atoms with van der Waals surface area (Å²) in [6.07, 6.45) is 3.20. The van der Waals surface area contributed by atoms with Crippen LogP contribution in [-0.4, -0.2) is 32.5 Å². The average Bonchev–Trinajstić information content (AvgIpc) is 2.92. The van der Waals surface area contributed by atoms with E-state index in [9.17, 15) is 14.7 Å². The summed E-state index contributed by atoms with van der Waals surface area (Å²) in [5.41, 5.74) is 0.388. The Morgan fingerprint density at radius 2 is 2.16 bits per heavy atom. The summed E-state index contributed by atoms with van der Waals surface area (Å²) in [6.45, 7) is 0. The Morgan fingerprint density at radius 1 is 1.37 bits per heavy atom. The van der Waals surface area contributed by atoms with Crippen molar-refractivity contribution in [3.05, 3.63) is 48.5 Å². The second-order valence-electron chi connectivity index (χ2n) is 4.19. The van der Waals surface area contributed by atoms with Gasteiger partial charge in [-0.1, -0.05) is 12.1 Å². The molecular weight excluding hydrogens is 248 g/mol. The van der Waals surface area contributed by atoms with Gasteiger partial charge in [-0.2, -0.15) is 0 Å². The molecular formula is C13H10N2O4. The van der Waals surface area contributed by atoms with Crippen molar-refractivity contribution in [2.75, 3.05) is 0 Å². The zero-order valence-corrected chi connectivity index (χ0v) is 9.76. The number of carbonyl (C=O) groups excluding carboxylic acids is 1. The predicted molar refractivity (Wildman–Crippen MR) is 64.1 cm³/mol. The lowest BCUT2D eigenvalue weighted by Gasteiger charge is -2.30. The molecule has 1 N–H and O–H groups in total. The van der Waals surface area contributed by atoms with Crippen LogP contribution < -0.4 is 4.74 Å². The fourth-order valence-corrected chi connectivity index (χ4v) is 2.18. The van der Waals surface area contributed by atoms with E-state index in [0.29, 0.717) is 11.3 Å². The van der Waals surface area contributed by atoms with Crippen LogP contribution in [0.2, 0.25) is 0 Å².